The van der Waals surface area contributed by atoms with E-state index in [4.69, 9.17) is 22.1 Å². The first-order valence-corrected chi connectivity index (χ1v) is 7.12. The minimum absolute atomic E-state index is 0.215. The first-order chi connectivity index (χ1) is 8.07. The third-order valence-corrected chi connectivity index (χ3v) is 4.74. The Bertz CT molecular complexity index is 453. The van der Waals surface area contributed by atoms with E-state index in [-0.39, 0.29) is 11.6 Å². The van der Waals surface area contributed by atoms with E-state index < -0.39 is 0 Å². The average molecular weight is 317 g/mol. The molecule has 4 heteroatoms. The summed E-state index contributed by atoms with van der Waals surface area (Å²) in [7, 11) is 0. The molecule has 2 aliphatic heterocycles. The topological polar surface area (TPSA) is 35.2 Å². The zero-order chi connectivity index (χ0) is 12.0. The molecular weight excluding hydrogens is 302 g/mol. The van der Waals surface area contributed by atoms with Crippen LogP contribution in [0.25, 0.3) is 0 Å². The standard InChI is InChI=1S/C13H15BrClNO/c14-9-2-1-8(11(15)5-9)6-13(16)7-10-3-4-12(13)17-10/h1-2,5,10,12H,3-4,6-7,16H2. The molecule has 3 atom stereocenters. The van der Waals surface area contributed by atoms with Crippen molar-refractivity contribution in [3.63, 3.8) is 0 Å². The zero-order valence-corrected chi connectivity index (χ0v) is 11.8. The van der Waals surface area contributed by atoms with Crippen LogP contribution >= 0.6 is 27.5 Å². The van der Waals surface area contributed by atoms with Crippen LogP contribution in [0.4, 0.5) is 0 Å². The van der Waals surface area contributed by atoms with E-state index in [0.717, 1.165) is 40.7 Å². The minimum Gasteiger partial charge on any atom is -0.373 e. The first kappa shape index (κ1) is 12.0. The number of fused-ring (bicyclic) bond motifs is 2. The predicted octanol–water partition coefficient (Wildman–Crippen LogP) is 3.29. The first-order valence-electron chi connectivity index (χ1n) is 5.95. The van der Waals surface area contributed by atoms with Crippen LogP contribution in [0.1, 0.15) is 24.8 Å². The summed E-state index contributed by atoms with van der Waals surface area (Å²) in [5.74, 6) is 0. The van der Waals surface area contributed by atoms with E-state index in [1.165, 1.54) is 0 Å². The maximum atomic E-state index is 6.49. The SMILES string of the molecule is NC1(Cc2ccc(Br)cc2Cl)CC2CCC1O2. The van der Waals surface area contributed by atoms with Gasteiger partial charge in [-0.25, -0.2) is 0 Å². The van der Waals surface area contributed by atoms with Crippen LogP contribution in [0.5, 0.6) is 0 Å². The molecule has 2 nitrogen and oxygen atoms in total. The highest BCUT2D eigenvalue weighted by molar-refractivity contribution is 9.10. The molecule has 0 spiro atoms. The lowest BCUT2D eigenvalue weighted by atomic mass is 9.78. The second-order valence-electron chi connectivity index (χ2n) is 5.17. The van der Waals surface area contributed by atoms with Gasteiger partial charge in [-0.3, -0.25) is 0 Å². The monoisotopic (exact) mass is 315 g/mol. The molecule has 1 aromatic carbocycles. The van der Waals surface area contributed by atoms with Crippen LogP contribution < -0.4 is 5.73 Å². The Balaban J connectivity index is 1.83. The maximum absolute atomic E-state index is 6.49. The van der Waals surface area contributed by atoms with Gasteiger partial charge in [-0.05, 0) is 43.4 Å². The van der Waals surface area contributed by atoms with E-state index in [0.29, 0.717) is 6.10 Å². The second-order valence-corrected chi connectivity index (χ2v) is 6.50. The molecule has 0 amide bonds. The number of hydrogen-bond donors (Lipinski definition) is 1. The van der Waals surface area contributed by atoms with Crippen molar-refractivity contribution in [2.24, 2.45) is 5.73 Å². The van der Waals surface area contributed by atoms with E-state index in [2.05, 4.69) is 15.9 Å². The number of halogens is 2. The lowest BCUT2D eigenvalue weighted by Gasteiger charge is -2.31. The van der Waals surface area contributed by atoms with Gasteiger partial charge in [0.15, 0.2) is 0 Å². The summed E-state index contributed by atoms with van der Waals surface area (Å²) in [4.78, 5) is 0. The van der Waals surface area contributed by atoms with Gasteiger partial charge < -0.3 is 10.5 Å². The summed E-state index contributed by atoms with van der Waals surface area (Å²) in [6.07, 6.45) is 4.61. The molecule has 3 unspecified atom stereocenters. The van der Waals surface area contributed by atoms with Gasteiger partial charge >= 0.3 is 0 Å². The Morgan fingerprint density at radius 2 is 2.29 bits per heavy atom. The lowest BCUT2D eigenvalue weighted by molar-refractivity contribution is 0.0856. The van der Waals surface area contributed by atoms with E-state index in [1.54, 1.807) is 0 Å². The van der Waals surface area contributed by atoms with Gasteiger partial charge in [-0.1, -0.05) is 33.6 Å². The number of nitrogens with two attached hydrogens (primary N) is 1. The smallest absolute Gasteiger partial charge is 0.0763 e. The number of rotatable bonds is 2. The Hall–Kier alpha value is -0.0900. The molecule has 2 heterocycles. The van der Waals surface area contributed by atoms with E-state index in [9.17, 15) is 0 Å². The van der Waals surface area contributed by atoms with Crippen molar-refractivity contribution in [2.75, 3.05) is 0 Å². The van der Waals surface area contributed by atoms with Gasteiger partial charge in [-0.15, -0.1) is 0 Å². The van der Waals surface area contributed by atoms with Gasteiger partial charge in [0.2, 0.25) is 0 Å². The lowest BCUT2D eigenvalue weighted by Crippen LogP contribution is -2.50. The highest BCUT2D eigenvalue weighted by Crippen LogP contribution is 2.42. The quantitative estimate of drug-likeness (QED) is 0.908. The molecule has 0 saturated carbocycles. The maximum Gasteiger partial charge on any atom is 0.0763 e. The molecule has 92 valence electrons. The van der Waals surface area contributed by atoms with E-state index in [1.807, 2.05) is 18.2 Å². The fraction of sp³-hybridized carbons (Fsp3) is 0.538. The molecule has 2 aliphatic rings. The van der Waals surface area contributed by atoms with Crippen molar-refractivity contribution >= 4 is 27.5 Å². The Kier molecular flexibility index (Phi) is 2.98. The molecule has 0 radical (unpaired) electrons. The minimum atomic E-state index is -0.222. The van der Waals surface area contributed by atoms with Crippen molar-refractivity contribution in [2.45, 2.75) is 43.4 Å². The Morgan fingerprint density at radius 3 is 2.88 bits per heavy atom. The van der Waals surface area contributed by atoms with Crippen molar-refractivity contribution < 1.29 is 4.74 Å². The summed E-state index contributed by atoms with van der Waals surface area (Å²) in [6, 6.07) is 5.99. The number of ether oxygens (including phenoxy) is 1. The third-order valence-electron chi connectivity index (χ3n) is 3.89. The molecule has 2 saturated heterocycles. The number of hydrogen-bond acceptors (Lipinski definition) is 2. The van der Waals surface area contributed by atoms with Crippen molar-refractivity contribution in [3.8, 4) is 0 Å². The van der Waals surface area contributed by atoms with E-state index >= 15 is 0 Å². The number of benzene rings is 1. The van der Waals surface area contributed by atoms with Crippen LogP contribution in [0.2, 0.25) is 5.02 Å². The molecule has 1 aromatic rings. The molecule has 3 rings (SSSR count). The van der Waals surface area contributed by atoms with Gasteiger partial charge in [0.25, 0.3) is 0 Å². The Morgan fingerprint density at radius 1 is 1.47 bits per heavy atom. The van der Waals surface area contributed by atoms with Crippen LogP contribution in [0.15, 0.2) is 22.7 Å². The summed E-state index contributed by atoms with van der Waals surface area (Å²) < 4.78 is 6.85. The van der Waals surface area contributed by atoms with Crippen molar-refractivity contribution in [1.82, 2.24) is 0 Å². The van der Waals surface area contributed by atoms with Crippen LogP contribution in [0.3, 0.4) is 0 Å². The second kappa shape index (κ2) is 4.23. The molecule has 17 heavy (non-hydrogen) atoms. The summed E-state index contributed by atoms with van der Waals surface area (Å²) in [5.41, 5.74) is 7.39. The summed E-state index contributed by atoms with van der Waals surface area (Å²) in [6.45, 7) is 0. The molecule has 2 bridgehead atoms. The van der Waals surface area contributed by atoms with Crippen LogP contribution in [-0.4, -0.2) is 17.7 Å². The summed E-state index contributed by atoms with van der Waals surface area (Å²) >= 11 is 9.66. The predicted molar refractivity (Wildman–Crippen MR) is 72.3 cm³/mol. The van der Waals surface area contributed by atoms with Crippen molar-refractivity contribution in [3.05, 3.63) is 33.3 Å². The van der Waals surface area contributed by atoms with Crippen LogP contribution in [0, 0.1) is 0 Å². The van der Waals surface area contributed by atoms with Gasteiger partial charge in [-0.2, -0.15) is 0 Å². The molecule has 0 aliphatic carbocycles. The highest BCUT2D eigenvalue weighted by atomic mass is 79.9. The van der Waals surface area contributed by atoms with Crippen molar-refractivity contribution in [1.29, 1.82) is 0 Å². The zero-order valence-electron chi connectivity index (χ0n) is 9.46. The van der Waals surface area contributed by atoms with Gasteiger partial charge in [0, 0.05) is 15.0 Å². The molecule has 2 N–H and O–H groups in total. The largest absolute Gasteiger partial charge is 0.373 e. The molecular formula is C13H15BrClNO. The van der Waals surface area contributed by atoms with Gasteiger partial charge in [0.05, 0.1) is 12.2 Å². The Labute approximate surface area is 115 Å². The average Bonchev–Trinajstić information content (AvgIpc) is 2.82. The molecule has 2 fully saturated rings. The molecule has 0 aromatic heterocycles. The highest BCUT2D eigenvalue weighted by Gasteiger charge is 2.49. The third kappa shape index (κ3) is 2.14. The fourth-order valence-corrected chi connectivity index (χ4v) is 3.78. The summed E-state index contributed by atoms with van der Waals surface area (Å²) in [5, 5.41) is 0.784. The fourth-order valence-electron chi connectivity index (χ4n) is 3.04. The normalized spacial score (nSPS) is 35.5. The van der Waals surface area contributed by atoms with Gasteiger partial charge in [0.1, 0.15) is 0 Å². The van der Waals surface area contributed by atoms with Crippen LogP contribution in [-0.2, 0) is 11.2 Å².